The number of fused-ring (bicyclic) bond motifs is 1. The van der Waals surface area contributed by atoms with E-state index in [9.17, 15) is 10.1 Å². The fourth-order valence-electron chi connectivity index (χ4n) is 2.31. The van der Waals surface area contributed by atoms with E-state index in [1.165, 1.54) is 6.20 Å². The molecule has 0 fully saturated rings. The van der Waals surface area contributed by atoms with Crippen molar-refractivity contribution in [1.29, 1.82) is 5.26 Å². The molecule has 0 saturated carbocycles. The summed E-state index contributed by atoms with van der Waals surface area (Å²) < 4.78 is 10.7. The Balaban J connectivity index is 2.03. The Morgan fingerprint density at radius 3 is 2.92 bits per heavy atom. The van der Waals surface area contributed by atoms with E-state index in [-0.39, 0.29) is 11.1 Å². The molecule has 1 aliphatic heterocycles. The number of thioether (sulfide) groups is 1. The van der Waals surface area contributed by atoms with Crippen molar-refractivity contribution in [2.45, 2.75) is 0 Å². The van der Waals surface area contributed by atoms with E-state index in [0.29, 0.717) is 40.3 Å². The second-order valence-electron chi connectivity index (χ2n) is 5.10. The molecule has 126 valence electrons. The van der Waals surface area contributed by atoms with E-state index in [4.69, 9.17) is 15.2 Å². The number of amidine groups is 1. The third-order valence-corrected chi connectivity index (χ3v) is 4.24. The number of carbonyl (C=O) groups is 1. The smallest absolute Gasteiger partial charge is 0.286 e. The van der Waals surface area contributed by atoms with E-state index >= 15 is 0 Å². The third-order valence-electron chi connectivity index (χ3n) is 3.43. The molecule has 0 saturated heterocycles. The summed E-state index contributed by atoms with van der Waals surface area (Å²) in [5.74, 6) is 0.0917. The zero-order valence-electron chi connectivity index (χ0n) is 13.4. The zero-order chi connectivity index (χ0) is 17.8. The molecule has 1 aromatic carbocycles. The summed E-state index contributed by atoms with van der Waals surface area (Å²) in [6.07, 6.45) is 3.18. The van der Waals surface area contributed by atoms with E-state index in [1.807, 2.05) is 12.1 Å². The molecule has 7 nitrogen and oxygen atoms in total. The molecule has 3 rings (SSSR count). The minimum absolute atomic E-state index is 0.231. The van der Waals surface area contributed by atoms with Crippen LogP contribution < -0.4 is 10.5 Å². The number of ether oxygens (including phenoxy) is 2. The minimum atomic E-state index is -0.358. The maximum atomic E-state index is 11.7. The fraction of sp³-hybridized carbons (Fsp3) is 0.176. The van der Waals surface area contributed by atoms with Gasteiger partial charge in [0, 0.05) is 18.7 Å². The van der Waals surface area contributed by atoms with Gasteiger partial charge in [-0.1, -0.05) is 6.07 Å². The molecule has 0 spiro atoms. The summed E-state index contributed by atoms with van der Waals surface area (Å²) in [5, 5.41) is 10.2. The Bertz CT molecular complexity index is 947. The molecule has 0 atom stereocenters. The van der Waals surface area contributed by atoms with Gasteiger partial charge in [-0.25, -0.2) is 0 Å². The number of pyridine rings is 1. The Morgan fingerprint density at radius 1 is 1.40 bits per heavy atom. The van der Waals surface area contributed by atoms with Crippen molar-refractivity contribution in [3.8, 4) is 11.8 Å². The maximum Gasteiger partial charge on any atom is 0.286 e. The van der Waals surface area contributed by atoms with Gasteiger partial charge < -0.3 is 15.2 Å². The molecular weight excluding hydrogens is 340 g/mol. The standard InChI is InChI=1S/C17H14N4O3S/c1-23-4-5-24-15-11(8-18)9-20-13-3-2-10(6-12(13)15)7-14-16(22)21-17(19)25-14/h2-3,6-7,9H,4-5H2,1H3,(H2,19,21,22)/b14-7+. The van der Waals surface area contributed by atoms with Crippen molar-refractivity contribution in [1.82, 2.24) is 4.98 Å². The summed E-state index contributed by atoms with van der Waals surface area (Å²) >= 11 is 1.13. The van der Waals surface area contributed by atoms with E-state index in [1.54, 1.807) is 19.3 Å². The lowest BCUT2D eigenvalue weighted by Gasteiger charge is -2.11. The van der Waals surface area contributed by atoms with Crippen LogP contribution in [0.4, 0.5) is 0 Å². The van der Waals surface area contributed by atoms with Gasteiger partial charge >= 0.3 is 0 Å². The number of hydrogen-bond donors (Lipinski definition) is 1. The molecular formula is C17H14N4O3S. The highest BCUT2D eigenvalue weighted by molar-refractivity contribution is 8.18. The van der Waals surface area contributed by atoms with Crippen LogP contribution in [0.3, 0.4) is 0 Å². The summed E-state index contributed by atoms with van der Waals surface area (Å²) in [6.45, 7) is 0.717. The molecule has 25 heavy (non-hydrogen) atoms. The Hall–Kier alpha value is -2.89. The van der Waals surface area contributed by atoms with Crippen molar-refractivity contribution in [3.05, 3.63) is 40.4 Å². The lowest BCUT2D eigenvalue weighted by Crippen LogP contribution is -2.06. The predicted octanol–water partition coefficient (Wildman–Crippen LogP) is 2.06. The van der Waals surface area contributed by atoms with Gasteiger partial charge in [-0.2, -0.15) is 10.3 Å². The van der Waals surface area contributed by atoms with Crippen LogP contribution in [0.15, 0.2) is 34.3 Å². The number of hydrogen-bond acceptors (Lipinski definition) is 7. The van der Waals surface area contributed by atoms with E-state index < -0.39 is 0 Å². The number of methoxy groups -OCH3 is 1. The molecule has 0 radical (unpaired) electrons. The Kier molecular flexibility index (Phi) is 4.97. The largest absolute Gasteiger partial charge is 0.489 e. The second-order valence-corrected chi connectivity index (χ2v) is 6.16. The minimum Gasteiger partial charge on any atom is -0.489 e. The van der Waals surface area contributed by atoms with E-state index in [2.05, 4.69) is 16.0 Å². The van der Waals surface area contributed by atoms with Gasteiger partial charge in [-0.3, -0.25) is 9.78 Å². The first-order valence-electron chi connectivity index (χ1n) is 7.35. The zero-order valence-corrected chi connectivity index (χ0v) is 14.2. The van der Waals surface area contributed by atoms with Gasteiger partial charge in [-0.15, -0.1) is 0 Å². The highest BCUT2D eigenvalue weighted by atomic mass is 32.2. The first-order valence-corrected chi connectivity index (χ1v) is 8.16. The molecule has 0 aliphatic carbocycles. The third kappa shape index (κ3) is 3.63. The van der Waals surface area contributed by atoms with Crippen molar-refractivity contribution in [2.75, 3.05) is 20.3 Å². The van der Waals surface area contributed by atoms with Crippen LogP contribution in [0.2, 0.25) is 0 Å². The van der Waals surface area contributed by atoms with Crippen molar-refractivity contribution in [3.63, 3.8) is 0 Å². The van der Waals surface area contributed by atoms with Crippen molar-refractivity contribution < 1.29 is 14.3 Å². The van der Waals surface area contributed by atoms with Crippen molar-refractivity contribution in [2.24, 2.45) is 10.7 Å². The lowest BCUT2D eigenvalue weighted by molar-refractivity contribution is -0.113. The molecule has 2 heterocycles. The number of rotatable bonds is 5. The van der Waals surface area contributed by atoms with Gasteiger partial charge in [0.2, 0.25) is 0 Å². The number of nitrogens with zero attached hydrogens (tertiary/aromatic N) is 3. The van der Waals surface area contributed by atoms with Crippen molar-refractivity contribution >= 4 is 39.8 Å². The maximum absolute atomic E-state index is 11.7. The lowest BCUT2D eigenvalue weighted by atomic mass is 10.1. The second kappa shape index (κ2) is 7.34. The number of aromatic nitrogens is 1. The monoisotopic (exact) mass is 354 g/mol. The van der Waals surface area contributed by atoms with Crippen LogP contribution in [0.25, 0.3) is 17.0 Å². The van der Waals surface area contributed by atoms with E-state index in [0.717, 1.165) is 17.3 Å². The molecule has 0 bridgehead atoms. The van der Waals surface area contributed by atoms with Crippen LogP contribution >= 0.6 is 11.8 Å². The molecule has 1 aromatic heterocycles. The summed E-state index contributed by atoms with van der Waals surface area (Å²) in [6, 6.07) is 7.54. The van der Waals surface area contributed by atoms with Gasteiger partial charge in [-0.05, 0) is 35.5 Å². The van der Waals surface area contributed by atoms with Gasteiger partial charge in [0.25, 0.3) is 5.91 Å². The number of nitrogens with two attached hydrogens (primary N) is 1. The first-order chi connectivity index (χ1) is 12.1. The quantitative estimate of drug-likeness (QED) is 0.646. The molecule has 2 N–H and O–H groups in total. The predicted molar refractivity (Wildman–Crippen MR) is 96.0 cm³/mol. The molecule has 0 unspecified atom stereocenters. The summed E-state index contributed by atoms with van der Waals surface area (Å²) in [4.78, 5) is 20.1. The van der Waals surface area contributed by atoms with Gasteiger partial charge in [0.1, 0.15) is 24.0 Å². The normalized spacial score (nSPS) is 15.4. The topological polar surface area (TPSA) is 111 Å². The Morgan fingerprint density at radius 2 is 2.24 bits per heavy atom. The molecule has 1 aliphatic rings. The summed E-state index contributed by atoms with van der Waals surface area (Å²) in [7, 11) is 1.58. The van der Waals surface area contributed by atoms with Crippen LogP contribution in [-0.4, -0.2) is 36.4 Å². The van der Waals surface area contributed by atoms with Crippen LogP contribution in [0.5, 0.6) is 5.75 Å². The average molecular weight is 354 g/mol. The van der Waals surface area contributed by atoms with Crippen LogP contribution in [0, 0.1) is 11.3 Å². The SMILES string of the molecule is COCCOc1c(C#N)cnc2ccc(/C=C3/SC(N)=NC3=O)cc12. The molecule has 1 amide bonds. The van der Waals surface area contributed by atoms with Crippen LogP contribution in [0.1, 0.15) is 11.1 Å². The fourth-order valence-corrected chi connectivity index (χ4v) is 3.00. The van der Waals surface area contributed by atoms with Gasteiger partial charge in [0.05, 0.1) is 17.0 Å². The highest BCUT2D eigenvalue weighted by Crippen LogP contribution is 2.31. The molecule has 2 aromatic rings. The van der Waals surface area contributed by atoms with Crippen LogP contribution in [-0.2, 0) is 9.53 Å². The highest BCUT2D eigenvalue weighted by Gasteiger charge is 2.19. The number of carbonyl (C=O) groups excluding carboxylic acids is 1. The number of nitriles is 1. The number of benzene rings is 1. The number of amides is 1. The Labute approximate surface area is 148 Å². The molecule has 8 heteroatoms. The number of aliphatic imine (C=N–C) groups is 1. The summed E-state index contributed by atoms with van der Waals surface area (Å²) in [5.41, 5.74) is 7.36. The first kappa shape index (κ1) is 17.0. The average Bonchev–Trinajstić information content (AvgIpc) is 2.92. The van der Waals surface area contributed by atoms with Gasteiger partial charge in [0.15, 0.2) is 5.17 Å².